The highest BCUT2D eigenvalue weighted by atomic mass is 16.5. The van der Waals surface area contributed by atoms with Crippen LogP contribution in [0, 0.1) is 11.3 Å². The van der Waals surface area contributed by atoms with Gasteiger partial charge in [-0.2, -0.15) is 5.26 Å². The van der Waals surface area contributed by atoms with Crippen molar-refractivity contribution in [2.75, 3.05) is 31.1 Å². The fourth-order valence-corrected chi connectivity index (χ4v) is 3.38. The van der Waals surface area contributed by atoms with Gasteiger partial charge < -0.3 is 9.64 Å². The third kappa shape index (κ3) is 4.77. The number of rotatable bonds is 5. The van der Waals surface area contributed by atoms with Gasteiger partial charge in [-0.1, -0.05) is 18.2 Å². The Morgan fingerprint density at radius 2 is 1.77 bits per heavy atom. The highest BCUT2D eigenvalue weighted by Crippen LogP contribution is 2.23. The first kappa shape index (κ1) is 18.3. The van der Waals surface area contributed by atoms with E-state index in [9.17, 15) is 0 Å². The molecule has 2 aromatic carbocycles. The van der Waals surface area contributed by atoms with Gasteiger partial charge in [-0.15, -0.1) is 0 Å². The van der Waals surface area contributed by atoms with Gasteiger partial charge in [0.2, 0.25) is 0 Å². The maximum atomic E-state index is 8.96. The standard InChI is InChI=1S/C22H27N3O/c1-18(2)26-22-7-4-3-6-20(22)17-24-12-5-13-25(15-14-24)21-10-8-19(16-23)9-11-21/h3-4,6-11,18H,5,12-15,17H2,1-2H3. The topological polar surface area (TPSA) is 39.5 Å². The predicted octanol–water partition coefficient (Wildman–Crippen LogP) is 4.06. The Morgan fingerprint density at radius 1 is 1.00 bits per heavy atom. The van der Waals surface area contributed by atoms with Gasteiger partial charge in [0.1, 0.15) is 5.75 Å². The molecule has 4 nitrogen and oxygen atoms in total. The number of ether oxygens (including phenoxy) is 1. The van der Waals surface area contributed by atoms with Gasteiger partial charge in [-0.3, -0.25) is 4.90 Å². The van der Waals surface area contributed by atoms with Gasteiger partial charge in [-0.05, 0) is 50.6 Å². The van der Waals surface area contributed by atoms with Crippen molar-refractivity contribution in [3.8, 4) is 11.8 Å². The second-order valence-corrected chi connectivity index (χ2v) is 7.05. The molecule has 136 valence electrons. The van der Waals surface area contributed by atoms with Crippen LogP contribution < -0.4 is 9.64 Å². The SMILES string of the molecule is CC(C)Oc1ccccc1CN1CCCN(c2ccc(C#N)cc2)CC1. The minimum absolute atomic E-state index is 0.187. The summed E-state index contributed by atoms with van der Waals surface area (Å²) >= 11 is 0. The molecule has 3 rings (SSSR count). The lowest BCUT2D eigenvalue weighted by molar-refractivity contribution is 0.230. The Balaban J connectivity index is 1.63. The van der Waals surface area contributed by atoms with Crippen LogP contribution >= 0.6 is 0 Å². The van der Waals surface area contributed by atoms with Crippen molar-refractivity contribution in [2.24, 2.45) is 0 Å². The molecule has 2 aromatic rings. The molecule has 0 saturated carbocycles. The van der Waals surface area contributed by atoms with Gasteiger partial charge in [-0.25, -0.2) is 0 Å². The minimum atomic E-state index is 0.187. The van der Waals surface area contributed by atoms with E-state index in [1.807, 2.05) is 18.2 Å². The summed E-state index contributed by atoms with van der Waals surface area (Å²) in [6, 6.07) is 18.5. The summed E-state index contributed by atoms with van der Waals surface area (Å²) in [5.74, 6) is 0.996. The third-order valence-electron chi connectivity index (χ3n) is 4.68. The quantitative estimate of drug-likeness (QED) is 0.816. The zero-order valence-corrected chi connectivity index (χ0v) is 15.7. The number of hydrogen-bond acceptors (Lipinski definition) is 4. The van der Waals surface area contributed by atoms with E-state index in [4.69, 9.17) is 10.00 Å². The maximum absolute atomic E-state index is 8.96. The molecule has 1 aliphatic heterocycles. The first-order valence-corrected chi connectivity index (χ1v) is 9.38. The Morgan fingerprint density at radius 3 is 2.50 bits per heavy atom. The normalized spacial score (nSPS) is 15.5. The molecule has 1 heterocycles. The zero-order chi connectivity index (χ0) is 18.4. The molecule has 0 N–H and O–H groups in total. The van der Waals surface area contributed by atoms with E-state index in [2.05, 4.69) is 60.0 Å². The van der Waals surface area contributed by atoms with E-state index in [1.54, 1.807) is 0 Å². The lowest BCUT2D eigenvalue weighted by Crippen LogP contribution is -2.30. The van der Waals surface area contributed by atoms with E-state index in [-0.39, 0.29) is 6.10 Å². The Bertz CT molecular complexity index is 749. The lowest BCUT2D eigenvalue weighted by atomic mass is 10.2. The summed E-state index contributed by atoms with van der Waals surface area (Å²) in [7, 11) is 0. The second kappa shape index (κ2) is 8.73. The summed E-state index contributed by atoms with van der Waals surface area (Å²) in [5, 5.41) is 8.96. The van der Waals surface area contributed by atoms with Crippen LogP contribution in [-0.2, 0) is 6.54 Å². The molecule has 26 heavy (non-hydrogen) atoms. The van der Waals surface area contributed by atoms with Crippen LogP contribution in [0.15, 0.2) is 48.5 Å². The lowest BCUT2D eigenvalue weighted by Gasteiger charge is -2.24. The van der Waals surface area contributed by atoms with Crippen LogP contribution in [0.5, 0.6) is 5.75 Å². The van der Waals surface area contributed by atoms with Crippen molar-refractivity contribution in [2.45, 2.75) is 32.9 Å². The maximum Gasteiger partial charge on any atom is 0.124 e. The molecule has 0 atom stereocenters. The average Bonchev–Trinajstić information content (AvgIpc) is 2.89. The number of nitriles is 1. The van der Waals surface area contributed by atoms with E-state index in [0.29, 0.717) is 5.56 Å². The van der Waals surface area contributed by atoms with Crippen molar-refractivity contribution in [1.29, 1.82) is 5.26 Å². The molecule has 1 aliphatic rings. The van der Waals surface area contributed by atoms with Crippen molar-refractivity contribution in [3.05, 3.63) is 59.7 Å². The molecular formula is C22H27N3O. The first-order valence-electron chi connectivity index (χ1n) is 9.38. The van der Waals surface area contributed by atoms with Crippen molar-refractivity contribution >= 4 is 5.69 Å². The minimum Gasteiger partial charge on any atom is -0.491 e. The fraction of sp³-hybridized carbons (Fsp3) is 0.409. The molecule has 1 saturated heterocycles. The van der Waals surface area contributed by atoms with Crippen LogP contribution in [0.3, 0.4) is 0 Å². The highest BCUT2D eigenvalue weighted by Gasteiger charge is 2.17. The third-order valence-corrected chi connectivity index (χ3v) is 4.68. The summed E-state index contributed by atoms with van der Waals surface area (Å²) in [5.41, 5.74) is 3.18. The number of hydrogen-bond donors (Lipinski definition) is 0. The molecule has 0 bridgehead atoms. The highest BCUT2D eigenvalue weighted by molar-refractivity contribution is 5.49. The van der Waals surface area contributed by atoms with Crippen LogP contribution in [0.2, 0.25) is 0 Å². The van der Waals surface area contributed by atoms with E-state index in [0.717, 1.165) is 44.9 Å². The molecule has 0 aromatic heterocycles. The van der Waals surface area contributed by atoms with Gasteiger partial charge in [0.25, 0.3) is 0 Å². The summed E-state index contributed by atoms with van der Waals surface area (Å²) < 4.78 is 5.97. The predicted molar refractivity (Wildman–Crippen MR) is 105 cm³/mol. The molecule has 0 amide bonds. The molecule has 1 fully saturated rings. The van der Waals surface area contributed by atoms with Crippen molar-refractivity contribution < 1.29 is 4.74 Å². The average molecular weight is 349 g/mol. The second-order valence-electron chi connectivity index (χ2n) is 7.05. The number of anilines is 1. The molecule has 0 aliphatic carbocycles. The molecule has 0 spiro atoms. The molecule has 4 heteroatoms. The molecular weight excluding hydrogens is 322 g/mol. The van der Waals surface area contributed by atoms with Crippen molar-refractivity contribution in [3.63, 3.8) is 0 Å². The van der Waals surface area contributed by atoms with Gasteiger partial charge >= 0.3 is 0 Å². The van der Waals surface area contributed by atoms with Crippen LogP contribution in [-0.4, -0.2) is 37.2 Å². The van der Waals surface area contributed by atoms with Gasteiger partial charge in [0.05, 0.1) is 17.7 Å². The van der Waals surface area contributed by atoms with Crippen LogP contribution in [0.25, 0.3) is 0 Å². The van der Waals surface area contributed by atoms with E-state index in [1.165, 1.54) is 11.3 Å². The summed E-state index contributed by atoms with van der Waals surface area (Å²) in [4.78, 5) is 4.92. The fourth-order valence-electron chi connectivity index (χ4n) is 3.38. The van der Waals surface area contributed by atoms with Crippen LogP contribution in [0.4, 0.5) is 5.69 Å². The van der Waals surface area contributed by atoms with Gasteiger partial charge in [0.15, 0.2) is 0 Å². The molecule has 0 radical (unpaired) electrons. The van der Waals surface area contributed by atoms with E-state index < -0.39 is 0 Å². The number of para-hydroxylation sites is 1. The number of benzene rings is 2. The Hall–Kier alpha value is -2.51. The summed E-state index contributed by atoms with van der Waals surface area (Å²) in [6.45, 7) is 9.21. The van der Waals surface area contributed by atoms with Crippen molar-refractivity contribution in [1.82, 2.24) is 4.90 Å². The zero-order valence-electron chi connectivity index (χ0n) is 15.7. The van der Waals surface area contributed by atoms with Gasteiger partial charge in [0, 0.05) is 44.0 Å². The Labute approximate surface area is 156 Å². The summed E-state index contributed by atoms with van der Waals surface area (Å²) in [6.07, 6.45) is 1.32. The Kier molecular flexibility index (Phi) is 6.14. The molecule has 0 unspecified atom stereocenters. The number of nitrogens with zero attached hydrogens (tertiary/aromatic N) is 3. The first-order chi connectivity index (χ1) is 12.7. The van der Waals surface area contributed by atoms with Crippen LogP contribution in [0.1, 0.15) is 31.4 Å². The van der Waals surface area contributed by atoms with E-state index >= 15 is 0 Å². The monoisotopic (exact) mass is 349 g/mol. The smallest absolute Gasteiger partial charge is 0.124 e. The largest absolute Gasteiger partial charge is 0.491 e.